The van der Waals surface area contributed by atoms with Gasteiger partial charge in [0.1, 0.15) is 11.6 Å². The molecule has 4 aromatic rings. The van der Waals surface area contributed by atoms with Crippen LogP contribution in [0.3, 0.4) is 0 Å². The van der Waals surface area contributed by atoms with Crippen molar-refractivity contribution in [3.05, 3.63) is 129 Å². The highest BCUT2D eigenvalue weighted by Gasteiger charge is 2.42. The SMILES string of the molecule is NCc1ccc(N)c(F)c1F.Nc1ccc(CNC(=O)N2CCC3(CC2)CC(=O)c2cc(F)ccc2C3)c(F)c1F.O=C1CC2(CCNCC2)Cc2ccc(F)cc21.[2H]CI. The summed E-state index contributed by atoms with van der Waals surface area (Å²) in [6.45, 7) is 2.71. The third-order valence-corrected chi connectivity index (χ3v) is 11.8. The van der Waals surface area contributed by atoms with Crippen LogP contribution in [0.4, 0.5) is 42.5 Å². The van der Waals surface area contributed by atoms with Gasteiger partial charge in [-0.25, -0.2) is 31.1 Å². The van der Waals surface area contributed by atoms with Crippen LogP contribution in [-0.2, 0) is 25.9 Å². The first-order chi connectivity index (χ1) is 29.0. The van der Waals surface area contributed by atoms with Crippen LogP contribution in [0.2, 0.25) is 0 Å². The highest BCUT2D eigenvalue weighted by atomic mass is 127. The quantitative estimate of drug-likeness (QED) is 0.0601. The number of carbonyl (C=O) groups is 3. The van der Waals surface area contributed by atoms with E-state index in [0.29, 0.717) is 61.2 Å². The van der Waals surface area contributed by atoms with E-state index in [9.17, 15) is 40.7 Å². The first-order valence-electron chi connectivity index (χ1n) is 20.1. The molecule has 0 radical (unpaired) electrons. The lowest BCUT2D eigenvalue weighted by Gasteiger charge is -2.44. The van der Waals surface area contributed by atoms with Gasteiger partial charge in [-0.2, -0.15) is 0 Å². The van der Waals surface area contributed by atoms with Crippen LogP contribution in [0, 0.1) is 45.7 Å². The molecule has 16 heteroatoms. The number of piperidine rings is 2. The lowest BCUT2D eigenvalue weighted by molar-refractivity contribution is 0.0734. The Labute approximate surface area is 360 Å². The van der Waals surface area contributed by atoms with E-state index in [1.165, 1.54) is 48.5 Å². The Kier molecular flexibility index (Phi) is 15.1. The van der Waals surface area contributed by atoms with Gasteiger partial charge in [-0.15, -0.1) is 0 Å². The maximum atomic E-state index is 13.9. The molecule has 0 bridgehead atoms. The fraction of sp³-hybridized carbons (Fsp3) is 0.386. The van der Waals surface area contributed by atoms with Crippen molar-refractivity contribution in [1.82, 2.24) is 15.5 Å². The molecule has 2 fully saturated rings. The van der Waals surface area contributed by atoms with E-state index in [4.69, 9.17) is 18.6 Å². The summed E-state index contributed by atoms with van der Waals surface area (Å²) >= 11 is 1.96. The second-order valence-electron chi connectivity index (χ2n) is 15.6. The molecular formula is C44H49F6IN6O3. The number of amides is 2. The Balaban J connectivity index is 0.000000190. The molecule has 2 saturated heterocycles. The summed E-state index contributed by atoms with van der Waals surface area (Å²) in [5.74, 6) is -4.82. The molecule has 8 N–H and O–H groups in total. The smallest absolute Gasteiger partial charge is 0.317 e. The van der Waals surface area contributed by atoms with E-state index >= 15 is 0 Å². The molecule has 2 aliphatic carbocycles. The molecule has 8 rings (SSSR count). The van der Waals surface area contributed by atoms with Crippen LogP contribution < -0.4 is 27.8 Å². The van der Waals surface area contributed by atoms with Gasteiger partial charge >= 0.3 is 6.03 Å². The maximum absolute atomic E-state index is 13.9. The first kappa shape index (κ1) is 44.9. The van der Waals surface area contributed by atoms with Gasteiger partial charge in [0, 0.05) is 62.6 Å². The van der Waals surface area contributed by atoms with Crippen molar-refractivity contribution in [3.63, 3.8) is 0 Å². The van der Waals surface area contributed by atoms with Crippen molar-refractivity contribution < 1.29 is 42.1 Å². The second kappa shape index (κ2) is 20.3. The number of benzene rings is 4. The lowest BCUT2D eigenvalue weighted by Crippen LogP contribution is -2.49. The van der Waals surface area contributed by atoms with Crippen LogP contribution in [0.1, 0.15) is 82.9 Å². The number of ketones is 2. The third kappa shape index (κ3) is 10.8. The number of rotatable bonds is 3. The zero-order chi connectivity index (χ0) is 44.5. The molecule has 0 atom stereocenters. The van der Waals surface area contributed by atoms with Crippen LogP contribution in [0.15, 0.2) is 60.7 Å². The maximum Gasteiger partial charge on any atom is 0.317 e. The van der Waals surface area contributed by atoms with Crippen LogP contribution >= 0.6 is 22.6 Å². The number of fused-ring (bicyclic) bond motifs is 2. The minimum absolute atomic E-state index is 0.0187. The van der Waals surface area contributed by atoms with Gasteiger partial charge in [0.2, 0.25) is 0 Å². The molecule has 322 valence electrons. The molecule has 2 spiro atoms. The predicted molar refractivity (Wildman–Crippen MR) is 227 cm³/mol. The Bertz CT molecular complexity index is 2240. The van der Waals surface area contributed by atoms with Crippen molar-refractivity contribution in [3.8, 4) is 0 Å². The molecule has 0 saturated carbocycles. The molecule has 0 aromatic heterocycles. The van der Waals surface area contributed by atoms with E-state index in [-0.39, 0.29) is 69.8 Å². The van der Waals surface area contributed by atoms with E-state index in [1.807, 2.05) is 22.6 Å². The number of nitrogens with two attached hydrogens (primary N) is 3. The number of nitrogen functional groups attached to an aromatic ring is 2. The van der Waals surface area contributed by atoms with Crippen molar-refractivity contribution in [2.75, 3.05) is 42.6 Å². The van der Waals surface area contributed by atoms with Gasteiger partial charge < -0.3 is 32.7 Å². The molecule has 9 nitrogen and oxygen atoms in total. The number of urea groups is 1. The average Bonchev–Trinajstić information content (AvgIpc) is 3.24. The van der Waals surface area contributed by atoms with Crippen molar-refractivity contribution in [2.24, 2.45) is 16.6 Å². The standard InChI is InChI=1S/C22H22F3N3O2.C14H16FNO.C7H8F2N2.CH3I/c23-15-3-1-13-10-22(11-18(29)16(13)9-15)5-7-28(8-6-22)21(30)27-12-14-2-4-17(26)20(25)19(14)24;15-11-2-1-10-8-14(3-5-16-6-4-14)9-13(17)12(10)7-11;8-6-4(3-10)1-2-5(11)7(6)9;1-2/h1-4,9H,5-8,10-12,26H2,(H,27,30);1-2,7,16H,3-6,8-9H2;1-2H,3,10-11H2;1H3/i;;;1D. The number of alkyl halides is 1. The van der Waals surface area contributed by atoms with Crippen molar-refractivity contribution in [2.45, 2.75) is 64.5 Å². The number of anilines is 2. The summed E-state index contributed by atoms with van der Waals surface area (Å²) in [6, 6.07) is 13.9. The number of nitrogens with zero attached hydrogens (tertiary/aromatic N) is 1. The highest BCUT2D eigenvalue weighted by molar-refractivity contribution is 14.1. The summed E-state index contributed by atoms with van der Waals surface area (Å²) in [5, 5.41) is 5.94. The second-order valence-corrected chi connectivity index (χ2v) is 15.6. The fourth-order valence-electron chi connectivity index (χ4n) is 8.36. The molecule has 4 aliphatic rings. The fourth-order valence-corrected chi connectivity index (χ4v) is 8.36. The summed E-state index contributed by atoms with van der Waals surface area (Å²) < 4.78 is 85.6. The molecule has 2 aliphatic heterocycles. The zero-order valence-electron chi connectivity index (χ0n) is 33.9. The number of likely N-dealkylation sites (tertiary alicyclic amines) is 1. The lowest BCUT2D eigenvalue weighted by atomic mass is 9.66. The van der Waals surface area contributed by atoms with Gasteiger partial charge in [0.15, 0.2) is 34.8 Å². The molecule has 60 heavy (non-hydrogen) atoms. The highest BCUT2D eigenvalue weighted by Crippen LogP contribution is 2.44. The van der Waals surface area contributed by atoms with Gasteiger partial charge in [-0.3, -0.25) is 9.59 Å². The minimum atomic E-state index is -1.12. The average molecular weight is 952 g/mol. The summed E-state index contributed by atoms with van der Waals surface area (Å²) in [6.07, 6.45) is 5.93. The van der Waals surface area contributed by atoms with E-state index in [1.54, 1.807) is 17.0 Å². The molecule has 2 amide bonds. The van der Waals surface area contributed by atoms with E-state index in [2.05, 4.69) is 10.6 Å². The molecule has 0 unspecified atom stereocenters. The number of hydrogen-bond donors (Lipinski definition) is 5. The van der Waals surface area contributed by atoms with E-state index < -0.39 is 29.1 Å². The van der Waals surface area contributed by atoms with Crippen LogP contribution in [0.25, 0.3) is 0 Å². The number of hydrogen-bond acceptors (Lipinski definition) is 7. The summed E-state index contributed by atoms with van der Waals surface area (Å²) in [4.78, 5) is 39.2. The number of Topliss-reactive ketones (excluding diaryl/α,β-unsaturated/α-hetero) is 2. The molecule has 4 aromatic carbocycles. The summed E-state index contributed by atoms with van der Waals surface area (Å²) in [5.41, 5.74) is 18.1. The Morgan fingerprint density at radius 2 is 1.17 bits per heavy atom. The Morgan fingerprint density at radius 3 is 1.65 bits per heavy atom. The monoisotopic (exact) mass is 951 g/mol. The van der Waals surface area contributed by atoms with Gasteiger partial charge in [0.25, 0.3) is 0 Å². The number of halogens is 7. The zero-order valence-corrected chi connectivity index (χ0v) is 35.1. The molecule has 2 heterocycles. The van der Waals surface area contributed by atoms with Gasteiger partial charge in [-0.05, 0) is 115 Å². The first-order valence-corrected chi connectivity index (χ1v) is 20.9. The summed E-state index contributed by atoms with van der Waals surface area (Å²) in [7, 11) is 0. The Morgan fingerprint density at radius 1 is 0.717 bits per heavy atom. The normalized spacial score (nSPS) is 17.4. The van der Waals surface area contributed by atoms with Gasteiger partial charge in [-0.1, -0.05) is 46.9 Å². The third-order valence-electron chi connectivity index (χ3n) is 11.8. The number of nitrogens with one attached hydrogen (secondary N) is 2. The van der Waals surface area contributed by atoms with Gasteiger partial charge in [0.05, 0.1) is 11.4 Å². The van der Waals surface area contributed by atoms with Crippen LogP contribution in [-0.4, -0.2) is 53.6 Å². The number of carbonyl (C=O) groups excluding carboxylic acids is 3. The van der Waals surface area contributed by atoms with Crippen molar-refractivity contribution >= 4 is 51.6 Å². The largest absolute Gasteiger partial charge is 0.396 e. The van der Waals surface area contributed by atoms with Crippen LogP contribution in [0.5, 0.6) is 0 Å². The molecular weight excluding hydrogens is 901 g/mol. The topological polar surface area (TPSA) is 157 Å². The predicted octanol–water partition coefficient (Wildman–Crippen LogP) is 8.19. The Hall–Kier alpha value is -4.68. The van der Waals surface area contributed by atoms with E-state index in [0.717, 1.165) is 43.5 Å². The van der Waals surface area contributed by atoms with Crippen molar-refractivity contribution in [1.29, 1.82) is 0 Å². The minimum Gasteiger partial charge on any atom is -0.396 e.